The fraction of sp³-hybridized carbons (Fsp3) is 0.176. The van der Waals surface area contributed by atoms with Crippen LogP contribution >= 0.6 is 22.6 Å². The van der Waals surface area contributed by atoms with E-state index in [-0.39, 0.29) is 12.3 Å². The van der Waals surface area contributed by atoms with Gasteiger partial charge < -0.3 is 5.32 Å². The molecular weight excluding hydrogens is 455 g/mol. The molecule has 0 atom stereocenters. The van der Waals surface area contributed by atoms with E-state index < -0.39 is 15.9 Å². The van der Waals surface area contributed by atoms with Gasteiger partial charge in [-0.3, -0.25) is 13.9 Å². The van der Waals surface area contributed by atoms with Gasteiger partial charge in [-0.15, -0.1) is 0 Å². The maximum Gasteiger partial charge on any atom is 0.245 e. The van der Waals surface area contributed by atoms with Gasteiger partial charge in [0.2, 0.25) is 15.9 Å². The molecule has 0 aliphatic rings. The van der Waals surface area contributed by atoms with Crippen molar-refractivity contribution in [3.05, 3.63) is 57.7 Å². The van der Waals surface area contributed by atoms with Gasteiger partial charge in [0.1, 0.15) is 6.54 Å². The number of sulfonamides is 1. The highest BCUT2D eigenvalue weighted by atomic mass is 127. The lowest BCUT2D eigenvalue weighted by Gasteiger charge is -2.22. The van der Waals surface area contributed by atoms with Crippen LogP contribution in [0.15, 0.2) is 48.5 Å². The molecule has 0 aliphatic carbocycles. The fourth-order valence-electron chi connectivity index (χ4n) is 2.15. The molecule has 1 N–H and O–H groups in total. The maximum absolute atomic E-state index is 12.3. The summed E-state index contributed by atoms with van der Waals surface area (Å²) in [5, 5.41) is 2.62. The van der Waals surface area contributed by atoms with E-state index >= 15 is 0 Å². The minimum Gasteiger partial charge on any atom is -0.324 e. The average molecular weight is 472 g/mol. The third-order valence-electron chi connectivity index (χ3n) is 3.36. The highest BCUT2D eigenvalue weighted by molar-refractivity contribution is 14.1. The van der Waals surface area contributed by atoms with Crippen LogP contribution in [-0.4, -0.2) is 32.9 Å². The van der Waals surface area contributed by atoms with E-state index in [1.165, 1.54) is 6.92 Å². The molecule has 0 unspecified atom stereocenters. The minimum atomic E-state index is -3.62. The molecule has 0 heterocycles. The van der Waals surface area contributed by atoms with E-state index in [4.69, 9.17) is 0 Å². The van der Waals surface area contributed by atoms with Gasteiger partial charge in [-0.05, 0) is 65.9 Å². The molecule has 2 aromatic rings. The first-order chi connectivity index (χ1) is 11.7. The largest absolute Gasteiger partial charge is 0.324 e. The van der Waals surface area contributed by atoms with Gasteiger partial charge in [0.15, 0.2) is 5.78 Å². The monoisotopic (exact) mass is 472 g/mol. The Morgan fingerprint density at radius 2 is 1.76 bits per heavy atom. The predicted molar refractivity (Wildman–Crippen MR) is 106 cm³/mol. The zero-order chi connectivity index (χ0) is 18.6. The van der Waals surface area contributed by atoms with Crippen LogP contribution in [0.2, 0.25) is 0 Å². The summed E-state index contributed by atoms with van der Waals surface area (Å²) in [6.45, 7) is 1.08. The molecule has 6 nitrogen and oxygen atoms in total. The smallest absolute Gasteiger partial charge is 0.245 e. The predicted octanol–water partition coefficient (Wildman–Crippen LogP) is 2.90. The second-order valence-corrected chi connectivity index (χ2v) is 8.58. The summed E-state index contributed by atoms with van der Waals surface area (Å²) in [6, 6.07) is 13.3. The molecule has 0 bridgehead atoms. The van der Waals surface area contributed by atoms with Crippen molar-refractivity contribution in [3.8, 4) is 0 Å². The van der Waals surface area contributed by atoms with Gasteiger partial charge in [0, 0.05) is 14.8 Å². The van der Waals surface area contributed by atoms with Crippen LogP contribution in [0.1, 0.15) is 17.3 Å². The fourth-order valence-corrected chi connectivity index (χ4v) is 3.37. The van der Waals surface area contributed by atoms with Gasteiger partial charge in [-0.2, -0.15) is 0 Å². The summed E-state index contributed by atoms with van der Waals surface area (Å²) in [7, 11) is -3.62. The van der Waals surface area contributed by atoms with Crippen LogP contribution in [-0.2, 0) is 14.8 Å². The SMILES string of the molecule is CC(=O)c1cccc(NC(=O)CN(c2ccc(I)cc2)S(C)(=O)=O)c1. The number of carbonyl (C=O) groups is 2. The summed E-state index contributed by atoms with van der Waals surface area (Å²) >= 11 is 2.11. The van der Waals surface area contributed by atoms with Crippen LogP contribution in [0.4, 0.5) is 11.4 Å². The normalized spacial score (nSPS) is 11.0. The van der Waals surface area contributed by atoms with Crippen LogP contribution in [0.3, 0.4) is 0 Å². The number of carbonyl (C=O) groups excluding carboxylic acids is 2. The first-order valence-electron chi connectivity index (χ1n) is 7.31. The summed E-state index contributed by atoms with van der Waals surface area (Å²) in [4.78, 5) is 23.7. The highest BCUT2D eigenvalue weighted by Gasteiger charge is 2.21. The zero-order valence-corrected chi connectivity index (χ0v) is 16.7. The lowest BCUT2D eigenvalue weighted by Crippen LogP contribution is -2.37. The van der Waals surface area contributed by atoms with Crippen molar-refractivity contribution >= 4 is 55.7 Å². The number of hydrogen-bond donors (Lipinski definition) is 1. The number of anilines is 2. The van der Waals surface area contributed by atoms with E-state index in [1.54, 1.807) is 48.5 Å². The zero-order valence-electron chi connectivity index (χ0n) is 13.7. The number of nitrogens with zero attached hydrogens (tertiary/aromatic N) is 1. The topological polar surface area (TPSA) is 83.6 Å². The Labute approximate surface area is 160 Å². The van der Waals surface area contributed by atoms with E-state index in [2.05, 4.69) is 27.9 Å². The number of rotatable bonds is 6. The van der Waals surface area contributed by atoms with E-state index in [1.807, 2.05) is 0 Å². The van der Waals surface area contributed by atoms with Crippen molar-refractivity contribution in [2.24, 2.45) is 0 Å². The average Bonchev–Trinajstić information content (AvgIpc) is 2.53. The van der Waals surface area contributed by atoms with Crippen molar-refractivity contribution in [2.75, 3.05) is 22.4 Å². The van der Waals surface area contributed by atoms with Crippen molar-refractivity contribution < 1.29 is 18.0 Å². The number of benzene rings is 2. The molecule has 0 saturated heterocycles. The van der Waals surface area contributed by atoms with Crippen molar-refractivity contribution in [3.63, 3.8) is 0 Å². The third-order valence-corrected chi connectivity index (χ3v) is 5.21. The standard InChI is InChI=1S/C17H17IN2O4S/c1-12(21)13-4-3-5-15(10-13)19-17(22)11-20(25(2,23)24)16-8-6-14(18)7-9-16/h3-10H,11H2,1-2H3,(H,19,22). The molecule has 0 spiro atoms. The first kappa shape index (κ1) is 19.4. The maximum atomic E-state index is 12.3. The quantitative estimate of drug-likeness (QED) is 0.518. The number of nitrogens with one attached hydrogen (secondary N) is 1. The number of amides is 1. The first-order valence-corrected chi connectivity index (χ1v) is 10.2. The Bertz CT molecular complexity index is 895. The number of ketones is 1. The molecule has 0 radical (unpaired) electrons. The van der Waals surface area contributed by atoms with E-state index in [0.29, 0.717) is 16.9 Å². The molecule has 132 valence electrons. The molecule has 25 heavy (non-hydrogen) atoms. The molecule has 0 aliphatic heterocycles. The van der Waals surface area contributed by atoms with Gasteiger partial charge >= 0.3 is 0 Å². The van der Waals surface area contributed by atoms with E-state index in [0.717, 1.165) is 14.1 Å². The van der Waals surface area contributed by atoms with Gasteiger partial charge in [-0.1, -0.05) is 12.1 Å². The van der Waals surface area contributed by atoms with Crippen molar-refractivity contribution in [1.82, 2.24) is 0 Å². The second-order valence-electron chi connectivity index (χ2n) is 5.43. The van der Waals surface area contributed by atoms with Crippen molar-refractivity contribution in [2.45, 2.75) is 6.92 Å². The molecule has 0 aromatic heterocycles. The summed E-state index contributed by atoms with van der Waals surface area (Å²) in [6.07, 6.45) is 1.05. The molecule has 0 saturated carbocycles. The summed E-state index contributed by atoms with van der Waals surface area (Å²) < 4.78 is 26.1. The number of Topliss-reactive ketones (excluding diaryl/α,β-unsaturated/α-hetero) is 1. The van der Waals surface area contributed by atoms with Crippen molar-refractivity contribution in [1.29, 1.82) is 0 Å². The molecule has 8 heteroatoms. The van der Waals surface area contributed by atoms with Crippen LogP contribution in [0.25, 0.3) is 0 Å². The van der Waals surface area contributed by atoms with Crippen LogP contribution in [0, 0.1) is 3.57 Å². The Morgan fingerprint density at radius 3 is 2.32 bits per heavy atom. The van der Waals surface area contributed by atoms with Crippen LogP contribution < -0.4 is 9.62 Å². The Balaban J connectivity index is 2.19. The minimum absolute atomic E-state index is 0.118. The lowest BCUT2D eigenvalue weighted by molar-refractivity contribution is -0.114. The third kappa shape index (κ3) is 5.53. The summed E-state index contributed by atoms with van der Waals surface area (Å²) in [5.41, 5.74) is 1.32. The van der Waals surface area contributed by atoms with Gasteiger partial charge in [0.25, 0.3) is 0 Å². The Kier molecular flexibility index (Phi) is 6.17. The lowest BCUT2D eigenvalue weighted by atomic mass is 10.1. The Morgan fingerprint density at radius 1 is 1.12 bits per heavy atom. The number of hydrogen-bond acceptors (Lipinski definition) is 4. The Hall–Kier alpha value is -1.94. The highest BCUT2D eigenvalue weighted by Crippen LogP contribution is 2.19. The summed E-state index contributed by atoms with van der Waals surface area (Å²) in [5.74, 6) is -0.613. The number of halogens is 1. The van der Waals surface area contributed by atoms with Gasteiger partial charge in [-0.25, -0.2) is 8.42 Å². The second kappa shape index (κ2) is 7.96. The molecule has 2 rings (SSSR count). The molecule has 1 amide bonds. The molecular formula is C17H17IN2O4S. The molecule has 0 fully saturated rings. The van der Waals surface area contributed by atoms with Crippen LogP contribution in [0.5, 0.6) is 0 Å². The van der Waals surface area contributed by atoms with E-state index in [9.17, 15) is 18.0 Å². The van der Waals surface area contributed by atoms with Gasteiger partial charge in [0.05, 0.1) is 11.9 Å². The molecule has 2 aromatic carbocycles.